The number of ether oxygens (including phenoxy) is 1. The van der Waals surface area contributed by atoms with E-state index < -0.39 is 0 Å². The summed E-state index contributed by atoms with van der Waals surface area (Å²) in [5, 5.41) is 3.18. The van der Waals surface area contributed by atoms with Crippen LogP contribution in [0.2, 0.25) is 0 Å². The lowest BCUT2D eigenvalue weighted by molar-refractivity contribution is -0.126. The molecule has 2 aliphatic rings. The topological polar surface area (TPSA) is 70.6 Å². The number of carbonyl (C=O) groups excluding carboxylic acids is 1. The molecule has 2 aliphatic heterocycles. The van der Waals surface area contributed by atoms with Gasteiger partial charge in [0.05, 0.1) is 25.3 Å². The zero-order valence-electron chi connectivity index (χ0n) is 14.4. The summed E-state index contributed by atoms with van der Waals surface area (Å²) in [6, 6.07) is 0.155. The van der Waals surface area contributed by atoms with Gasteiger partial charge in [-0.1, -0.05) is 0 Å². The lowest BCUT2D eigenvalue weighted by atomic mass is 9.97. The summed E-state index contributed by atoms with van der Waals surface area (Å²) in [4.78, 5) is 25.6. The van der Waals surface area contributed by atoms with Crippen molar-refractivity contribution in [1.29, 1.82) is 0 Å². The first kappa shape index (κ1) is 17.1. The maximum Gasteiger partial charge on any atom is 0.225 e. The molecule has 3 rings (SSSR count). The highest BCUT2D eigenvalue weighted by atomic mass is 16.5. The highest BCUT2D eigenvalue weighted by Crippen LogP contribution is 2.21. The molecule has 0 bridgehead atoms. The molecule has 132 valence electrons. The summed E-state index contributed by atoms with van der Waals surface area (Å²) in [6.45, 7) is 8.09. The highest BCUT2D eigenvalue weighted by molar-refractivity contribution is 5.79. The zero-order valence-corrected chi connectivity index (χ0v) is 14.4. The summed E-state index contributed by atoms with van der Waals surface area (Å²) >= 11 is 0. The molecule has 0 unspecified atom stereocenters. The molecule has 0 aliphatic carbocycles. The molecule has 24 heavy (non-hydrogen) atoms. The molecule has 2 atom stereocenters. The predicted molar refractivity (Wildman–Crippen MR) is 91.8 cm³/mol. The summed E-state index contributed by atoms with van der Waals surface area (Å²) in [6.07, 6.45) is 7.08. The summed E-state index contributed by atoms with van der Waals surface area (Å²) in [5.41, 5.74) is 0. The Labute approximate surface area is 143 Å². The van der Waals surface area contributed by atoms with E-state index in [0.717, 1.165) is 64.6 Å². The first-order valence-corrected chi connectivity index (χ1v) is 8.84. The van der Waals surface area contributed by atoms with Gasteiger partial charge in [0.15, 0.2) is 0 Å². The van der Waals surface area contributed by atoms with E-state index in [-0.39, 0.29) is 17.9 Å². The third-order valence-corrected chi connectivity index (χ3v) is 4.69. The number of rotatable bonds is 5. The summed E-state index contributed by atoms with van der Waals surface area (Å²) < 4.78 is 5.37. The van der Waals surface area contributed by atoms with Crippen LogP contribution in [0.1, 0.15) is 19.8 Å². The minimum absolute atomic E-state index is 0.0212. The molecule has 0 saturated carbocycles. The molecule has 1 aromatic heterocycles. The van der Waals surface area contributed by atoms with E-state index >= 15 is 0 Å². The van der Waals surface area contributed by atoms with Crippen molar-refractivity contribution >= 4 is 11.7 Å². The molecule has 3 heterocycles. The second kappa shape index (κ2) is 8.39. The van der Waals surface area contributed by atoms with Gasteiger partial charge < -0.3 is 15.0 Å². The Morgan fingerprint density at radius 3 is 2.96 bits per heavy atom. The van der Waals surface area contributed by atoms with Gasteiger partial charge in [-0.3, -0.25) is 14.7 Å². The molecule has 7 heteroatoms. The predicted octanol–water partition coefficient (Wildman–Crippen LogP) is 0.530. The van der Waals surface area contributed by atoms with Crippen LogP contribution in [-0.4, -0.2) is 72.8 Å². The molecule has 0 radical (unpaired) electrons. The second-order valence-corrected chi connectivity index (χ2v) is 6.67. The van der Waals surface area contributed by atoms with Crippen LogP contribution in [0.15, 0.2) is 18.6 Å². The van der Waals surface area contributed by atoms with Gasteiger partial charge >= 0.3 is 0 Å². The average Bonchev–Trinajstić information content (AvgIpc) is 2.63. The Kier molecular flexibility index (Phi) is 5.98. The smallest absolute Gasteiger partial charge is 0.225 e. The van der Waals surface area contributed by atoms with E-state index in [9.17, 15) is 4.79 Å². The van der Waals surface area contributed by atoms with Gasteiger partial charge in [0.1, 0.15) is 5.82 Å². The van der Waals surface area contributed by atoms with E-state index in [1.54, 1.807) is 18.6 Å². The van der Waals surface area contributed by atoms with Crippen molar-refractivity contribution in [3.8, 4) is 0 Å². The number of morpholine rings is 1. The number of carbonyl (C=O) groups is 1. The number of hydrogen-bond donors (Lipinski definition) is 1. The Balaban J connectivity index is 1.48. The van der Waals surface area contributed by atoms with Gasteiger partial charge in [-0.15, -0.1) is 0 Å². The third kappa shape index (κ3) is 4.64. The lowest BCUT2D eigenvalue weighted by Crippen LogP contribution is -2.49. The zero-order chi connectivity index (χ0) is 16.8. The van der Waals surface area contributed by atoms with Gasteiger partial charge in [-0.25, -0.2) is 4.98 Å². The van der Waals surface area contributed by atoms with Crippen molar-refractivity contribution < 1.29 is 9.53 Å². The van der Waals surface area contributed by atoms with Crippen molar-refractivity contribution in [1.82, 2.24) is 20.2 Å². The van der Waals surface area contributed by atoms with Crippen molar-refractivity contribution in [2.45, 2.75) is 25.8 Å². The highest BCUT2D eigenvalue weighted by Gasteiger charge is 2.27. The van der Waals surface area contributed by atoms with Crippen LogP contribution in [0.3, 0.4) is 0 Å². The molecule has 1 aromatic rings. The molecule has 1 amide bonds. The largest absolute Gasteiger partial charge is 0.379 e. The molecule has 2 fully saturated rings. The summed E-state index contributed by atoms with van der Waals surface area (Å²) in [5.74, 6) is 1.04. The molecular weight excluding hydrogens is 306 g/mol. The number of amides is 1. The maximum absolute atomic E-state index is 12.6. The van der Waals surface area contributed by atoms with Crippen LogP contribution < -0.4 is 10.2 Å². The average molecular weight is 333 g/mol. The van der Waals surface area contributed by atoms with E-state index in [1.165, 1.54) is 0 Å². The fourth-order valence-electron chi connectivity index (χ4n) is 3.43. The van der Waals surface area contributed by atoms with Gasteiger partial charge in [0.2, 0.25) is 5.91 Å². The Bertz CT molecular complexity index is 521. The molecule has 2 saturated heterocycles. The van der Waals surface area contributed by atoms with Gasteiger partial charge in [-0.05, 0) is 19.8 Å². The number of piperidine rings is 1. The Hall–Kier alpha value is -1.73. The van der Waals surface area contributed by atoms with E-state index in [1.807, 2.05) is 0 Å². The lowest BCUT2D eigenvalue weighted by Gasteiger charge is -2.34. The van der Waals surface area contributed by atoms with Crippen LogP contribution in [0, 0.1) is 5.92 Å². The standard InChI is InChI=1S/C17H27N5O2/c1-14(12-21-7-9-24-10-8-21)20-17(23)15-3-2-6-22(13-15)16-11-18-4-5-19-16/h4-5,11,14-15H,2-3,6-10,12-13H2,1H3,(H,20,23)/t14-,15+/m1/s1. The molecular formula is C17H27N5O2. The van der Waals surface area contributed by atoms with Crippen molar-refractivity contribution in [2.75, 3.05) is 50.8 Å². The number of nitrogens with one attached hydrogen (secondary N) is 1. The number of aromatic nitrogens is 2. The van der Waals surface area contributed by atoms with E-state index in [4.69, 9.17) is 4.74 Å². The monoisotopic (exact) mass is 333 g/mol. The second-order valence-electron chi connectivity index (χ2n) is 6.67. The van der Waals surface area contributed by atoms with Crippen LogP contribution >= 0.6 is 0 Å². The number of anilines is 1. The van der Waals surface area contributed by atoms with Crippen LogP contribution in [0.5, 0.6) is 0 Å². The first-order valence-electron chi connectivity index (χ1n) is 8.84. The first-order chi connectivity index (χ1) is 11.7. The van der Waals surface area contributed by atoms with Gasteiger partial charge in [-0.2, -0.15) is 0 Å². The minimum Gasteiger partial charge on any atom is -0.379 e. The van der Waals surface area contributed by atoms with Crippen molar-refractivity contribution in [2.24, 2.45) is 5.92 Å². The fourth-order valence-corrected chi connectivity index (χ4v) is 3.43. The minimum atomic E-state index is 0.0212. The molecule has 1 N–H and O–H groups in total. The van der Waals surface area contributed by atoms with Crippen LogP contribution in [0.25, 0.3) is 0 Å². The number of hydrogen-bond acceptors (Lipinski definition) is 6. The van der Waals surface area contributed by atoms with Crippen LogP contribution in [-0.2, 0) is 9.53 Å². The van der Waals surface area contributed by atoms with E-state index in [0.29, 0.717) is 0 Å². The molecule has 7 nitrogen and oxygen atoms in total. The van der Waals surface area contributed by atoms with Crippen LogP contribution in [0.4, 0.5) is 5.82 Å². The quantitative estimate of drug-likeness (QED) is 0.848. The Morgan fingerprint density at radius 2 is 2.21 bits per heavy atom. The maximum atomic E-state index is 12.6. The summed E-state index contributed by atoms with van der Waals surface area (Å²) in [7, 11) is 0. The fraction of sp³-hybridized carbons (Fsp3) is 0.706. The molecule has 0 aromatic carbocycles. The van der Waals surface area contributed by atoms with E-state index in [2.05, 4.69) is 32.0 Å². The van der Waals surface area contributed by atoms with Gasteiger partial charge in [0, 0.05) is 51.2 Å². The van der Waals surface area contributed by atoms with Crippen molar-refractivity contribution in [3.63, 3.8) is 0 Å². The third-order valence-electron chi connectivity index (χ3n) is 4.69. The Morgan fingerprint density at radius 1 is 1.38 bits per heavy atom. The molecule has 0 spiro atoms. The van der Waals surface area contributed by atoms with Gasteiger partial charge in [0.25, 0.3) is 0 Å². The normalized spacial score (nSPS) is 23.7. The SMILES string of the molecule is C[C@H](CN1CCOCC1)NC(=O)[C@H]1CCCN(c2cnccn2)C1. The van der Waals surface area contributed by atoms with Crippen molar-refractivity contribution in [3.05, 3.63) is 18.6 Å². The number of nitrogens with zero attached hydrogens (tertiary/aromatic N) is 4.